The van der Waals surface area contributed by atoms with Crippen LogP contribution in [-0.4, -0.2) is 45.2 Å². The van der Waals surface area contributed by atoms with Gasteiger partial charge in [-0.15, -0.1) is 0 Å². The van der Waals surface area contributed by atoms with Gasteiger partial charge in [0.1, 0.15) is 17.1 Å². The van der Waals surface area contributed by atoms with Crippen LogP contribution in [0.2, 0.25) is 0 Å². The maximum atomic E-state index is 12.4. The average Bonchev–Trinajstić information content (AvgIpc) is 3.27. The summed E-state index contributed by atoms with van der Waals surface area (Å²) in [4.78, 5) is 35.7. The Hall–Kier alpha value is -3.95. The number of carbonyl (C=O) groups is 2. The minimum atomic E-state index is -0.519. The van der Waals surface area contributed by atoms with Crippen molar-refractivity contribution in [2.45, 2.75) is 33.2 Å². The molecule has 0 aliphatic carbocycles. The molecule has 3 aromatic rings. The van der Waals surface area contributed by atoms with Gasteiger partial charge in [0.15, 0.2) is 0 Å². The number of carbonyl (C=O) groups excluding carboxylic acids is 2. The Balaban J connectivity index is 1.71. The predicted molar refractivity (Wildman–Crippen MR) is 122 cm³/mol. The van der Waals surface area contributed by atoms with Crippen molar-refractivity contribution in [3.8, 4) is 11.4 Å². The Kier molecular flexibility index (Phi) is 7.96. The monoisotopic (exact) mass is 452 g/mol. The van der Waals surface area contributed by atoms with Crippen molar-refractivity contribution in [1.82, 2.24) is 30.2 Å². The highest BCUT2D eigenvalue weighted by atomic mass is 16.6. The Morgan fingerprint density at radius 3 is 2.79 bits per heavy atom. The summed E-state index contributed by atoms with van der Waals surface area (Å²) in [5.41, 5.74) is 1.61. The molecule has 33 heavy (non-hydrogen) atoms. The first-order chi connectivity index (χ1) is 15.8. The summed E-state index contributed by atoms with van der Waals surface area (Å²) in [6.07, 6.45) is 5.02. The summed E-state index contributed by atoms with van der Waals surface area (Å²) in [5, 5.41) is 14.0. The number of hydrogen-bond donors (Lipinski definition) is 2. The van der Waals surface area contributed by atoms with Crippen LogP contribution < -0.4 is 20.8 Å². The number of amides is 2. The van der Waals surface area contributed by atoms with E-state index in [1.807, 2.05) is 19.9 Å². The maximum Gasteiger partial charge on any atom is 0.412 e. The molecule has 1 aromatic carbocycles. The van der Waals surface area contributed by atoms with Crippen molar-refractivity contribution < 1.29 is 14.3 Å². The maximum absolute atomic E-state index is 12.4. The fourth-order valence-electron chi connectivity index (χ4n) is 2.99. The average molecular weight is 453 g/mol. The van der Waals surface area contributed by atoms with Crippen LogP contribution in [0.5, 0.6) is 5.75 Å². The van der Waals surface area contributed by atoms with Crippen LogP contribution in [0.1, 0.15) is 31.5 Å². The van der Waals surface area contributed by atoms with Gasteiger partial charge in [-0.1, -0.05) is 26.0 Å². The second-order valence-corrected chi connectivity index (χ2v) is 7.94. The lowest BCUT2D eigenvalue weighted by molar-refractivity contribution is -0.120. The summed E-state index contributed by atoms with van der Waals surface area (Å²) >= 11 is 0. The number of aryl methyl sites for hydroxylation is 1. The van der Waals surface area contributed by atoms with Crippen molar-refractivity contribution in [2.24, 2.45) is 5.92 Å². The molecule has 2 N–H and O–H groups in total. The van der Waals surface area contributed by atoms with Crippen LogP contribution in [-0.2, 0) is 17.8 Å². The molecule has 2 aromatic heterocycles. The third-order valence-electron chi connectivity index (χ3n) is 4.75. The van der Waals surface area contributed by atoms with Gasteiger partial charge in [0.2, 0.25) is 11.3 Å². The smallest absolute Gasteiger partial charge is 0.410 e. The molecule has 2 amide bonds. The number of ether oxygens (including phenoxy) is 1. The SMILES string of the molecule is CNC(=O)CCn1cc(-n2ccc(=O)c(Cc3cccc(OC(=O)NCC(C)C)c3)n2)cn1. The van der Waals surface area contributed by atoms with Gasteiger partial charge >= 0.3 is 6.09 Å². The number of hydrogen-bond acceptors (Lipinski definition) is 6. The first kappa shape index (κ1) is 23.7. The molecule has 0 spiro atoms. The summed E-state index contributed by atoms with van der Waals surface area (Å²) in [7, 11) is 1.59. The second-order valence-electron chi connectivity index (χ2n) is 7.94. The number of nitrogens with one attached hydrogen (secondary N) is 2. The Morgan fingerprint density at radius 1 is 1.21 bits per heavy atom. The number of nitrogens with zero attached hydrogens (tertiary/aromatic N) is 4. The molecule has 0 bridgehead atoms. The molecule has 0 aliphatic rings. The molecular weight excluding hydrogens is 424 g/mol. The summed E-state index contributed by atoms with van der Waals surface area (Å²) < 4.78 is 8.54. The molecular formula is C23H28N6O4. The van der Waals surface area contributed by atoms with Crippen molar-refractivity contribution >= 4 is 12.0 Å². The van der Waals surface area contributed by atoms with Crippen LogP contribution in [0, 0.1) is 5.92 Å². The van der Waals surface area contributed by atoms with E-state index in [-0.39, 0.29) is 17.8 Å². The lowest BCUT2D eigenvalue weighted by Crippen LogP contribution is -2.30. The van der Waals surface area contributed by atoms with Crippen LogP contribution >= 0.6 is 0 Å². The highest BCUT2D eigenvalue weighted by molar-refractivity contribution is 5.75. The largest absolute Gasteiger partial charge is 0.412 e. The second kappa shape index (κ2) is 11.1. The van der Waals surface area contributed by atoms with Crippen molar-refractivity contribution in [3.63, 3.8) is 0 Å². The van der Waals surface area contributed by atoms with Crippen LogP contribution in [0.4, 0.5) is 4.79 Å². The van der Waals surface area contributed by atoms with Gasteiger partial charge in [-0.05, 0) is 23.6 Å². The quantitative estimate of drug-likeness (QED) is 0.512. The number of rotatable bonds is 9. The summed E-state index contributed by atoms with van der Waals surface area (Å²) in [6, 6.07) is 8.45. The fraction of sp³-hybridized carbons (Fsp3) is 0.348. The third kappa shape index (κ3) is 7.03. The Morgan fingerprint density at radius 2 is 2.03 bits per heavy atom. The van der Waals surface area contributed by atoms with E-state index < -0.39 is 6.09 Å². The van der Waals surface area contributed by atoms with Crippen molar-refractivity contribution in [1.29, 1.82) is 0 Å². The normalized spacial score (nSPS) is 10.8. The highest BCUT2D eigenvalue weighted by Crippen LogP contribution is 2.15. The first-order valence-corrected chi connectivity index (χ1v) is 10.7. The van der Waals surface area contributed by atoms with E-state index in [0.717, 1.165) is 5.56 Å². The van der Waals surface area contributed by atoms with E-state index in [2.05, 4.69) is 20.8 Å². The van der Waals surface area contributed by atoms with Gasteiger partial charge in [0.25, 0.3) is 0 Å². The minimum absolute atomic E-state index is 0.0700. The molecule has 10 heteroatoms. The molecule has 2 heterocycles. The summed E-state index contributed by atoms with van der Waals surface area (Å²) in [6.45, 7) is 4.95. The van der Waals surface area contributed by atoms with Crippen LogP contribution in [0.15, 0.2) is 53.7 Å². The van der Waals surface area contributed by atoms with Crippen LogP contribution in [0.3, 0.4) is 0 Å². The van der Waals surface area contributed by atoms with E-state index in [1.54, 1.807) is 53.2 Å². The Bertz CT molecular complexity index is 1170. The number of aromatic nitrogens is 4. The molecule has 0 radical (unpaired) electrons. The first-order valence-electron chi connectivity index (χ1n) is 10.7. The molecule has 3 rings (SSSR count). The molecule has 0 fully saturated rings. The third-order valence-corrected chi connectivity index (χ3v) is 4.75. The zero-order chi connectivity index (χ0) is 23.8. The Labute approximate surface area is 191 Å². The minimum Gasteiger partial charge on any atom is -0.410 e. The molecule has 0 atom stereocenters. The van der Waals surface area contributed by atoms with E-state index in [4.69, 9.17) is 4.74 Å². The fourth-order valence-corrected chi connectivity index (χ4v) is 2.99. The zero-order valence-electron chi connectivity index (χ0n) is 18.9. The van der Waals surface area contributed by atoms with Crippen molar-refractivity contribution in [2.75, 3.05) is 13.6 Å². The van der Waals surface area contributed by atoms with Gasteiger partial charge in [0.05, 0.1) is 12.4 Å². The molecule has 0 saturated carbocycles. The highest BCUT2D eigenvalue weighted by Gasteiger charge is 2.10. The van der Waals surface area contributed by atoms with E-state index in [1.165, 1.54) is 6.07 Å². The predicted octanol–water partition coefficient (Wildman–Crippen LogP) is 1.90. The van der Waals surface area contributed by atoms with Gasteiger partial charge in [-0.25, -0.2) is 9.48 Å². The van der Waals surface area contributed by atoms with Gasteiger partial charge < -0.3 is 15.4 Å². The van der Waals surface area contributed by atoms with Gasteiger partial charge in [0, 0.05) is 45.2 Å². The topological polar surface area (TPSA) is 120 Å². The lowest BCUT2D eigenvalue weighted by atomic mass is 10.1. The van der Waals surface area contributed by atoms with E-state index >= 15 is 0 Å². The zero-order valence-corrected chi connectivity index (χ0v) is 18.9. The van der Waals surface area contributed by atoms with E-state index in [9.17, 15) is 14.4 Å². The van der Waals surface area contributed by atoms with Crippen molar-refractivity contribution in [3.05, 3.63) is 70.4 Å². The molecule has 10 nitrogen and oxygen atoms in total. The molecule has 0 unspecified atom stereocenters. The van der Waals surface area contributed by atoms with E-state index in [0.29, 0.717) is 42.6 Å². The molecule has 174 valence electrons. The summed E-state index contributed by atoms with van der Waals surface area (Å²) in [5.74, 6) is 0.639. The standard InChI is InChI=1S/C23H28N6O4/c1-16(2)13-25-23(32)33-19-6-4-5-17(11-19)12-20-21(30)7-10-29(27-20)18-14-26-28(15-18)9-8-22(31)24-3/h4-7,10-11,14-16H,8-9,12-13H2,1-3H3,(H,24,31)(H,25,32). The van der Waals surface area contributed by atoms with Gasteiger partial charge in [-0.2, -0.15) is 10.2 Å². The molecule has 0 aliphatic heterocycles. The van der Waals surface area contributed by atoms with Gasteiger partial charge in [-0.3, -0.25) is 14.3 Å². The lowest BCUT2D eigenvalue weighted by Gasteiger charge is -2.10. The molecule has 0 saturated heterocycles. The van der Waals surface area contributed by atoms with Crippen LogP contribution in [0.25, 0.3) is 5.69 Å². The number of benzene rings is 1.